The van der Waals surface area contributed by atoms with E-state index in [9.17, 15) is 9.59 Å². The summed E-state index contributed by atoms with van der Waals surface area (Å²) >= 11 is 0. The van der Waals surface area contributed by atoms with Gasteiger partial charge in [-0.3, -0.25) is 13.7 Å². The normalized spacial score (nSPS) is 14.7. The van der Waals surface area contributed by atoms with Crippen LogP contribution in [0.2, 0.25) is 0 Å². The van der Waals surface area contributed by atoms with E-state index in [1.54, 1.807) is 16.2 Å². The number of amides is 1. The first kappa shape index (κ1) is 28.0. The maximum absolute atomic E-state index is 12.7. The number of nitrogens with zero attached hydrogens (tertiary/aromatic N) is 5. The van der Waals surface area contributed by atoms with E-state index < -0.39 is 5.60 Å². The third kappa shape index (κ3) is 4.67. The molecule has 1 aliphatic heterocycles. The topological polar surface area (TPSA) is 90.1 Å². The van der Waals surface area contributed by atoms with Crippen LogP contribution in [0.3, 0.4) is 0 Å². The fourth-order valence-electron chi connectivity index (χ4n) is 6.57. The molecular formula is C35H38N6O3. The van der Waals surface area contributed by atoms with Gasteiger partial charge in [-0.1, -0.05) is 18.2 Å². The summed E-state index contributed by atoms with van der Waals surface area (Å²) in [5.74, 6) is 1.17. The predicted molar refractivity (Wildman–Crippen MR) is 175 cm³/mol. The van der Waals surface area contributed by atoms with E-state index >= 15 is 0 Å². The zero-order chi connectivity index (χ0) is 30.9. The van der Waals surface area contributed by atoms with Gasteiger partial charge in [0, 0.05) is 55.5 Å². The Bertz CT molecular complexity index is 2130. The fraction of sp³-hybridized carbons (Fsp3) is 0.343. The lowest BCUT2D eigenvalue weighted by atomic mass is 9.89. The smallest absolute Gasteiger partial charge is 0.410 e. The van der Waals surface area contributed by atoms with Crippen molar-refractivity contribution in [3.05, 3.63) is 82.4 Å². The number of imidazole rings is 2. The number of nitrogens with one attached hydrogen (secondary N) is 1. The number of ether oxygens (including phenoxy) is 1. The fourth-order valence-corrected chi connectivity index (χ4v) is 6.57. The first-order valence-corrected chi connectivity index (χ1v) is 15.2. The maximum Gasteiger partial charge on any atom is 0.410 e. The summed E-state index contributed by atoms with van der Waals surface area (Å²) < 4.78 is 11.2. The van der Waals surface area contributed by atoms with Gasteiger partial charge in [0.05, 0.1) is 22.1 Å². The molecule has 0 atom stereocenters. The van der Waals surface area contributed by atoms with Gasteiger partial charge in [-0.05, 0) is 94.0 Å². The van der Waals surface area contributed by atoms with Crippen molar-refractivity contribution in [3.63, 3.8) is 0 Å². The molecule has 6 aromatic rings. The molecule has 1 N–H and O–H groups in total. The van der Waals surface area contributed by atoms with Crippen molar-refractivity contribution in [2.45, 2.75) is 52.1 Å². The van der Waals surface area contributed by atoms with Crippen LogP contribution in [0.25, 0.3) is 50.0 Å². The molecule has 44 heavy (non-hydrogen) atoms. The lowest BCUT2D eigenvalue weighted by molar-refractivity contribution is 0.0205. The highest BCUT2D eigenvalue weighted by Gasteiger charge is 2.28. The Morgan fingerprint density at radius 3 is 2.41 bits per heavy atom. The van der Waals surface area contributed by atoms with E-state index in [0.717, 1.165) is 62.9 Å². The second kappa shape index (κ2) is 10.1. The second-order valence-corrected chi connectivity index (χ2v) is 13.1. The Balaban J connectivity index is 1.32. The molecule has 226 valence electrons. The molecule has 7 rings (SSSR count). The van der Waals surface area contributed by atoms with Gasteiger partial charge in [-0.15, -0.1) is 0 Å². The van der Waals surface area contributed by atoms with Crippen LogP contribution in [0.5, 0.6) is 0 Å². The third-order valence-corrected chi connectivity index (χ3v) is 8.89. The van der Waals surface area contributed by atoms with Crippen LogP contribution >= 0.6 is 0 Å². The molecule has 1 aliphatic rings. The van der Waals surface area contributed by atoms with E-state index in [1.165, 1.54) is 11.1 Å². The first-order valence-electron chi connectivity index (χ1n) is 15.2. The van der Waals surface area contributed by atoms with E-state index in [-0.39, 0.29) is 11.8 Å². The molecule has 9 heteroatoms. The Kier molecular flexibility index (Phi) is 6.46. The number of carbonyl (C=O) groups excluding carboxylic acids is 1. The van der Waals surface area contributed by atoms with Gasteiger partial charge >= 0.3 is 11.8 Å². The SMILES string of the molecule is Cc1ccc2c(-c3nc4cc(C5CCN(C(=O)OC(C)(C)C)CC5)ccc4n3-c3ccc4c(c3)n(C)c(=O)n4C)c[nH]c2c1. The predicted octanol–water partition coefficient (Wildman–Crippen LogP) is 6.79. The van der Waals surface area contributed by atoms with Crippen LogP contribution in [0.1, 0.15) is 50.7 Å². The van der Waals surface area contributed by atoms with E-state index in [1.807, 2.05) is 45.0 Å². The lowest BCUT2D eigenvalue weighted by Crippen LogP contribution is -2.41. The van der Waals surface area contributed by atoms with Gasteiger partial charge in [-0.25, -0.2) is 14.6 Å². The van der Waals surface area contributed by atoms with Gasteiger partial charge in [0.1, 0.15) is 11.4 Å². The molecule has 0 spiro atoms. The minimum Gasteiger partial charge on any atom is -0.444 e. The molecule has 3 aromatic carbocycles. The van der Waals surface area contributed by atoms with Crippen LogP contribution in [0, 0.1) is 6.92 Å². The molecule has 3 aromatic heterocycles. The van der Waals surface area contributed by atoms with Crippen LogP contribution in [0.15, 0.2) is 65.6 Å². The van der Waals surface area contributed by atoms with Gasteiger partial charge in [0.15, 0.2) is 0 Å². The van der Waals surface area contributed by atoms with Crippen LogP contribution in [-0.4, -0.2) is 53.4 Å². The van der Waals surface area contributed by atoms with Crippen molar-refractivity contribution in [1.82, 2.24) is 28.6 Å². The van der Waals surface area contributed by atoms with E-state index in [0.29, 0.717) is 19.0 Å². The molecule has 0 bridgehead atoms. The number of hydrogen-bond donors (Lipinski definition) is 1. The number of aromatic nitrogens is 5. The summed E-state index contributed by atoms with van der Waals surface area (Å²) in [4.78, 5) is 35.8. The molecule has 9 nitrogen and oxygen atoms in total. The number of benzene rings is 3. The molecule has 4 heterocycles. The largest absolute Gasteiger partial charge is 0.444 e. The standard InChI is InChI=1S/C35H38N6O3/c1-21-7-10-25-26(20-36-27(25)17-21)32-37-28-18-23(22-13-15-40(16-14-22)34(43)44-35(2,3)4)8-11-29(28)41(32)24-9-12-30-31(19-24)39(6)33(42)38(30)5/h7-12,17-20,22,36H,13-16H2,1-6H3. The summed E-state index contributed by atoms with van der Waals surface area (Å²) in [6.45, 7) is 9.13. The molecule has 1 saturated heterocycles. The van der Waals surface area contributed by atoms with Crippen LogP contribution < -0.4 is 5.69 Å². The van der Waals surface area contributed by atoms with Gasteiger partial charge in [0.25, 0.3) is 0 Å². The number of rotatable bonds is 3. The van der Waals surface area contributed by atoms with Crippen molar-refractivity contribution in [1.29, 1.82) is 0 Å². The zero-order valence-corrected chi connectivity index (χ0v) is 26.1. The van der Waals surface area contributed by atoms with E-state index in [2.05, 4.69) is 65.0 Å². The highest BCUT2D eigenvalue weighted by atomic mass is 16.6. The monoisotopic (exact) mass is 590 g/mol. The highest BCUT2D eigenvalue weighted by molar-refractivity contribution is 5.97. The molecule has 1 fully saturated rings. The van der Waals surface area contributed by atoms with Crippen LogP contribution in [-0.2, 0) is 18.8 Å². The summed E-state index contributed by atoms with van der Waals surface area (Å²) in [5.41, 5.74) is 8.55. The number of H-pyrrole nitrogens is 1. The highest BCUT2D eigenvalue weighted by Crippen LogP contribution is 2.37. The minimum atomic E-state index is -0.501. The Labute approximate surface area is 255 Å². The van der Waals surface area contributed by atoms with Crippen molar-refractivity contribution < 1.29 is 9.53 Å². The molecule has 0 saturated carbocycles. The van der Waals surface area contributed by atoms with Crippen molar-refractivity contribution in [2.75, 3.05) is 13.1 Å². The minimum absolute atomic E-state index is 0.0535. The number of hydrogen-bond acceptors (Lipinski definition) is 4. The quantitative estimate of drug-likeness (QED) is 0.246. The van der Waals surface area contributed by atoms with Gasteiger partial charge in [0.2, 0.25) is 0 Å². The Morgan fingerprint density at radius 2 is 1.66 bits per heavy atom. The average Bonchev–Trinajstić information content (AvgIpc) is 3.64. The van der Waals surface area contributed by atoms with Crippen molar-refractivity contribution in [3.8, 4) is 17.1 Å². The van der Waals surface area contributed by atoms with Crippen molar-refractivity contribution >= 4 is 39.1 Å². The summed E-state index contributed by atoms with van der Waals surface area (Å²) in [5, 5.41) is 1.11. The first-order chi connectivity index (χ1) is 21.0. The van der Waals surface area contributed by atoms with Crippen molar-refractivity contribution in [2.24, 2.45) is 14.1 Å². The summed E-state index contributed by atoms with van der Waals surface area (Å²) in [7, 11) is 3.61. The number of aromatic amines is 1. The average molecular weight is 591 g/mol. The summed E-state index contributed by atoms with van der Waals surface area (Å²) in [6, 6.07) is 19.1. The lowest BCUT2D eigenvalue weighted by Gasteiger charge is -2.33. The maximum atomic E-state index is 12.7. The van der Waals surface area contributed by atoms with Gasteiger partial charge < -0.3 is 14.6 Å². The number of likely N-dealkylation sites (tertiary alicyclic amines) is 1. The number of fused-ring (bicyclic) bond motifs is 3. The Morgan fingerprint density at radius 1 is 0.932 bits per heavy atom. The number of aryl methyl sites for hydroxylation is 3. The van der Waals surface area contributed by atoms with Crippen LogP contribution in [0.4, 0.5) is 4.79 Å². The zero-order valence-electron chi connectivity index (χ0n) is 26.1. The number of carbonyl (C=O) groups is 1. The summed E-state index contributed by atoms with van der Waals surface area (Å²) in [6.07, 6.45) is 3.54. The Hall–Kier alpha value is -4.79. The molecular weight excluding hydrogens is 552 g/mol. The van der Waals surface area contributed by atoms with Gasteiger partial charge in [-0.2, -0.15) is 0 Å². The van der Waals surface area contributed by atoms with E-state index in [4.69, 9.17) is 9.72 Å². The third-order valence-electron chi connectivity index (χ3n) is 8.89. The number of piperidine rings is 1. The molecule has 1 amide bonds. The second-order valence-electron chi connectivity index (χ2n) is 13.1. The molecule has 0 unspecified atom stereocenters. The molecule has 0 aliphatic carbocycles. The molecule has 0 radical (unpaired) electrons.